The van der Waals surface area contributed by atoms with Crippen molar-refractivity contribution in [1.82, 2.24) is 0 Å². The molecule has 7 heteroatoms. The number of amides is 2. The number of benzene rings is 3. The Balaban J connectivity index is 1.58. The largest absolute Gasteiger partial charge is 0.325 e. The fraction of sp³-hybridized carbons (Fsp3) is 0.130. The van der Waals surface area contributed by atoms with Gasteiger partial charge in [0, 0.05) is 21.3 Å². The van der Waals surface area contributed by atoms with Crippen LogP contribution in [-0.4, -0.2) is 17.1 Å². The van der Waals surface area contributed by atoms with Gasteiger partial charge in [-0.1, -0.05) is 29.8 Å². The van der Waals surface area contributed by atoms with Crippen LogP contribution in [0, 0.1) is 12.7 Å². The van der Waals surface area contributed by atoms with Gasteiger partial charge in [-0.3, -0.25) is 9.59 Å². The molecule has 0 saturated carbocycles. The molecule has 0 heterocycles. The van der Waals surface area contributed by atoms with Crippen LogP contribution in [0.25, 0.3) is 0 Å². The highest BCUT2D eigenvalue weighted by Gasteiger charge is 2.15. The molecule has 3 aromatic rings. The maximum absolute atomic E-state index is 13.7. The summed E-state index contributed by atoms with van der Waals surface area (Å²) >= 11 is 7.48. The van der Waals surface area contributed by atoms with Crippen LogP contribution in [0.5, 0.6) is 0 Å². The molecule has 1 unspecified atom stereocenters. The van der Waals surface area contributed by atoms with Gasteiger partial charge in [0.2, 0.25) is 5.91 Å². The Hall–Kier alpha value is -2.83. The van der Waals surface area contributed by atoms with E-state index in [-0.39, 0.29) is 16.7 Å². The highest BCUT2D eigenvalue weighted by molar-refractivity contribution is 8.00. The van der Waals surface area contributed by atoms with Crippen LogP contribution in [0.3, 0.4) is 0 Å². The van der Waals surface area contributed by atoms with Crippen LogP contribution in [0.4, 0.5) is 15.8 Å². The lowest BCUT2D eigenvalue weighted by Crippen LogP contribution is -2.22. The van der Waals surface area contributed by atoms with Gasteiger partial charge in [0.15, 0.2) is 0 Å². The Morgan fingerprint density at radius 2 is 1.63 bits per heavy atom. The minimum Gasteiger partial charge on any atom is -0.325 e. The number of anilines is 2. The van der Waals surface area contributed by atoms with Crippen LogP contribution in [0.2, 0.25) is 5.02 Å². The standard InChI is InChI=1S/C23H20ClFN2O2S/c1-14-7-8-17(13-20(14)24)27-22(28)15(2)30-18-11-9-16(10-12-18)26-23(29)19-5-3-4-6-21(19)25/h3-13,15H,1-2H3,(H,26,29)(H,27,28). The van der Waals surface area contributed by atoms with Crippen LogP contribution in [0.15, 0.2) is 71.6 Å². The Labute approximate surface area is 183 Å². The normalized spacial score (nSPS) is 11.6. The number of hydrogen-bond donors (Lipinski definition) is 2. The van der Waals surface area contributed by atoms with E-state index in [1.807, 2.05) is 26.0 Å². The number of carbonyl (C=O) groups excluding carboxylic acids is 2. The number of thioether (sulfide) groups is 1. The van der Waals surface area contributed by atoms with E-state index in [2.05, 4.69) is 10.6 Å². The molecule has 2 N–H and O–H groups in total. The number of aryl methyl sites for hydroxylation is 1. The Morgan fingerprint density at radius 1 is 0.967 bits per heavy atom. The van der Waals surface area contributed by atoms with Crippen molar-refractivity contribution in [2.75, 3.05) is 10.6 Å². The summed E-state index contributed by atoms with van der Waals surface area (Å²) in [5.41, 5.74) is 2.12. The molecular formula is C23H20ClFN2O2S. The number of rotatable bonds is 6. The van der Waals surface area contributed by atoms with E-state index in [1.165, 1.54) is 30.0 Å². The van der Waals surface area contributed by atoms with Crippen molar-refractivity contribution in [1.29, 1.82) is 0 Å². The van der Waals surface area contributed by atoms with Gasteiger partial charge in [0.25, 0.3) is 5.91 Å². The topological polar surface area (TPSA) is 58.2 Å². The minimum atomic E-state index is -0.572. The maximum atomic E-state index is 13.7. The monoisotopic (exact) mass is 442 g/mol. The summed E-state index contributed by atoms with van der Waals surface area (Å²) in [6.07, 6.45) is 0. The molecule has 0 aliphatic heterocycles. The second-order valence-corrected chi connectivity index (χ2v) is 8.49. The van der Waals surface area contributed by atoms with Crippen molar-refractivity contribution in [2.24, 2.45) is 0 Å². The molecule has 154 valence electrons. The van der Waals surface area contributed by atoms with Gasteiger partial charge in [-0.15, -0.1) is 11.8 Å². The second-order valence-electron chi connectivity index (χ2n) is 6.67. The van der Waals surface area contributed by atoms with E-state index >= 15 is 0 Å². The van der Waals surface area contributed by atoms with Gasteiger partial charge in [0.1, 0.15) is 5.82 Å². The lowest BCUT2D eigenvalue weighted by atomic mass is 10.2. The van der Waals surface area contributed by atoms with E-state index in [1.54, 1.807) is 36.4 Å². The molecule has 0 aliphatic carbocycles. The van der Waals surface area contributed by atoms with Gasteiger partial charge in [-0.2, -0.15) is 0 Å². The summed E-state index contributed by atoms with van der Waals surface area (Å²) in [6.45, 7) is 3.71. The lowest BCUT2D eigenvalue weighted by molar-refractivity contribution is -0.115. The van der Waals surface area contributed by atoms with Crippen LogP contribution >= 0.6 is 23.4 Å². The smallest absolute Gasteiger partial charge is 0.258 e. The van der Waals surface area contributed by atoms with E-state index in [9.17, 15) is 14.0 Å². The minimum absolute atomic E-state index is 0.0162. The molecule has 0 bridgehead atoms. The molecule has 0 fully saturated rings. The van der Waals surface area contributed by atoms with Gasteiger partial charge >= 0.3 is 0 Å². The van der Waals surface area contributed by atoms with E-state index in [0.717, 1.165) is 10.5 Å². The Morgan fingerprint density at radius 3 is 2.30 bits per heavy atom. The lowest BCUT2D eigenvalue weighted by Gasteiger charge is -2.13. The molecule has 3 aromatic carbocycles. The third kappa shape index (κ3) is 5.62. The molecule has 0 aliphatic rings. The highest BCUT2D eigenvalue weighted by Crippen LogP contribution is 2.27. The summed E-state index contributed by atoms with van der Waals surface area (Å²) in [6, 6.07) is 18.2. The summed E-state index contributed by atoms with van der Waals surface area (Å²) < 4.78 is 13.7. The molecule has 0 radical (unpaired) electrons. The predicted molar refractivity (Wildman–Crippen MR) is 121 cm³/mol. The fourth-order valence-corrected chi connectivity index (χ4v) is 3.68. The summed E-state index contributed by atoms with van der Waals surface area (Å²) in [5.74, 6) is -1.23. The van der Waals surface area contributed by atoms with E-state index < -0.39 is 11.7 Å². The molecule has 0 saturated heterocycles. The number of hydrogen-bond acceptors (Lipinski definition) is 3. The van der Waals surface area contributed by atoms with Gasteiger partial charge < -0.3 is 10.6 Å². The van der Waals surface area contributed by atoms with Crippen LogP contribution in [0.1, 0.15) is 22.8 Å². The average molecular weight is 443 g/mol. The quantitative estimate of drug-likeness (QED) is 0.449. The van der Waals surface area contributed by atoms with Crippen molar-refractivity contribution in [2.45, 2.75) is 24.0 Å². The zero-order chi connectivity index (χ0) is 21.7. The zero-order valence-corrected chi connectivity index (χ0v) is 18.0. The van der Waals surface area contributed by atoms with Crippen molar-refractivity contribution in [3.8, 4) is 0 Å². The highest BCUT2D eigenvalue weighted by atomic mass is 35.5. The van der Waals surface area contributed by atoms with E-state index in [4.69, 9.17) is 11.6 Å². The van der Waals surface area contributed by atoms with Gasteiger partial charge in [0.05, 0.1) is 10.8 Å². The molecule has 0 spiro atoms. The molecule has 2 amide bonds. The molecule has 0 aromatic heterocycles. The summed E-state index contributed by atoms with van der Waals surface area (Å²) in [5, 5.41) is 5.77. The Bertz CT molecular complexity index is 1070. The SMILES string of the molecule is Cc1ccc(NC(=O)C(C)Sc2ccc(NC(=O)c3ccccc3F)cc2)cc1Cl. The van der Waals surface area contributed by atoms with Gasteiger partial charge in [-0.25, -0.2) is 4.39 Å². The third-order valence-electron chi connectivity index (χ3n) is 4.35. The van der Waals surface area contributed by atoms with Crippen LogP contribution in [-0.2, 0) is 4.79 Å². The second kappa shape index (κ2) is 9.78. The molecule has 1 atom stereocenters. The molecule has 30 heavy (non-hydrogen) atoms. The summed E-state index contributed by atoms with van der Waals surface area (Å²) in [7, 11) is 0. The van der Waals surface area contributed by atoms with Crippen molar-refractivity contribution < 1.29 is 14.0 Å². The van der Waals surface area contributed by atoms with Crippen molar-refractivity contribution in [3.63, 3.8) is 0 Å². The first-order valence-electron chi connectivity index (χ1n) is 9.23. The number of halogens is 2. The first-order chi connectivity index (χ1) is 14.3. The maximum Gasteiger partial charge on any atom is 0.258 e. The molecule has 4 nitrogen and oxygen atoms in total. The average Bonchev–Trinajstić information content (AvgIpc) is 2.72. The zero-order valence-electron chi connectivity index (χ0n) is 16.4. The van der Waals surface area contributed by atoms with Crippen molar-refractivity contribution >= 4 is 46.6 Å². The predicted octanol–water partition coefficient (Wildman–Crippen LogP) is 6.16. The first kappa shape index (κ1) is 21.9. The van der Waals surface area contributed by atoms with Crippen molar-refractivity contribution in [3.05, 3.63) is 88.7 Å². The fourth-order valence-electron chi connectivity index (χ4n) is 2.63. The number of carbonyl (C=O) groups is 2. The summed E-state index contributed by atoms with van der Waals surface area (Å²) in [4.78, 5) is 25.5. The molecular weight excluding hydrogens is 423 g/mol. The van der Waals surface area contributed by atoms with E-state index in [0.29, 0.717) is 16.4 Å². The third-order valence-corrected chi connectivity index (χ3v) is 5.87. The van der Waals surface area contributed by atoms with Gasteiger partial charge in [-0.05, 0) is 67.9 Å². The first-order valence-corrected chi connectivity index (χ1v) is 10.5. The van der Waals surface area contributed by atoms with Crippen LogP contribution < -0.4 is 10.6 Å². The number of nitrogens with one attached hydrogen (secondary N) is 2. The Kier molecular flexibility index (Phi) is 7.13. The molecule has 3 rings (SSSR count).